The molecule has 1 amide bonds. The highest BCUT2D eigenvalue weighted by molar-refractivity contribution is 8.42. The first kappa shape index (κ1) is 25.6. The highest BCUT2D eigenvalue weighted by Crippen LogP contribution is 2.33. The van der Waals surface area contributed by atoms with Crippen LogP contribution in [-0.4, -0.2) is 47.1 Å². The topological polar surface area (TPSA) is 121 Å². The number of nitrogens with one attached hydrogen (secondary N) is 1. The van der Waals surface area contributed by atoms with E-state index in [0.29, 0.717) is 30.3 Å². The highest BCUT2D eigenvalue weighted by Gasteiger charge is 2.39. The molecule has 0 bridgehead atoms. The molecular weight excluding hydrogens is 500 g/mol. The van der Waals surface area contributed by atoms with Crippen LogP contribution < -0.4 is 9.47 Å². The monoisotopic (exact) mass is 526 g/mol. The van der Waals surface area contributed by atoms with Gasteiger partial charge in [-0.3, -0.25) is 10.2 Å². The lowest BCUT2D eigenvalue weighted by atomic mass is 10.1. The summed E-state index contributed by atoms with van der Waals surface area (Å²) >= 11 is 0.787. The molecule has 0 aliphatic carbocycles. The first-order valence-corrected chi connectivity index (χ1v) is 13.8. The highest BCUT2D eigenvalue weighted by atomic mass is 32.3. The number of sulfone groups is 1. The summed E-state index contributed by atoms with van der Waals surface area (Å²) in [5.74, 6) is -0.00243. The molecule has 36 heavy (non-hydrogen) atoms. The summed E-state index contributed by atoms with van der Waals surface area (Å²) in [6, 6.07) is 14.9. The average molecular weight is 527 g/mol. The Morgan fingerprint density at radius 3 is 2.56 bits per heavy atom. The van der Waals surface area contributed by atoms with E-state index >= 15 is 0 Å². The van der Waals surface area contributed by atoms with E-state index in [9.17, 15) is 13.2 Å². The number of amides is 1. The molecule has 0 spiro atoms. The number of rotatable bonds is 8. The van der Waals surface area contributed by atoms with Crippen molar-refractivity contribution in [3.8, 4) is 11.5 Å². The maximum Gasteiger partial charge on any atom is 0.283 e. The Bertz CT molecular complexity index is 1380. The smallest absolute Gasteiger partial charge is 0.283 e. The van der Waals surface area contributed by atoms with Crippen LogP contribution in [0.25, 0.3) is 6.08 Å². The summed E-state index contributed by atoms with van der Waals surface area (Å²) in [5.41, 5.74) is 1.60. The van der Waals surface area contributed by atoms with Crippen molar-refractivity contribution in [1.82, 2.24) is 5.01 Å². The molecule has 2 heterocycles. The molecule has 2 aliphatic rings. The van der Waals surface area contributed by atoms with Gasteiger partial charge >= 0.3 is 0 Å². The molecule has 188 valence electrons. The van der Waals surface area contributed by atoms with Crippen molar-refractivity contribution in [1.29, 1.82) is 5.41 Å². The number of nitrogens with zero attached hydrogens (tertiary/aromatic N) is 3. The lowest BCUT2D eigenvalue weighted by molar-refractivity contribution is -0.114. The van der Waals surface area contributed by atoms with Gasteiger partial charge in [0.25, 0.3) is 5.91 Å². The Kier molecular flexibility index (Phi) is 7.60. The predicted octanol–water partition coefficient (Wildman–Crippen LogP) is 4.31. The van der Waals surface area contributed by atoms with E-state index in [1.54, 1.807) is 32.0 Å². The van der Waals surface area contributed by atoms with Gasteiger partial charge in [0.2, 0.25) is 19.4 Å². The second-order valence-electron chi connectivity index (χ2n) is 8.47. The Balaban J connectivity index is 1.58. The number of carbonyl (C=O) groups excluding carboxylic acids is 1. The van der Waals surface area contributed by atoms with E-state index in [2.05, 4.69) is 10.1 Å². The zero-order valence-electron chi connectivity index (χ0n) is 20.1. The molecule has 0 saturated heterocycles. The molecular formula is C25H26N4O5S2. The number of aliphatic imine (C=N–C) groups is 1. The maximum atomic E-state index is 12.7. The van der Waals surface area contributed by atoms with E-state index in [-0.39, 0.29) is 32.6 Å². The maximum absolute atomic E-state index is 12.7. The fourth-order valence-electron chi connectivity index (χ4n) is 3.51. The first-order valence-electron chi connectivity index (χ1n) is 11.3. The van der Waals surface area contributed by atoms with Crippen LogP contribution in [0.3, 0.4) is 0 Å². The van der Waals surface area contributed by atoms with Crippen LogP contribution in [0.4, 0.5) is 0 Å². The third-order valence-electron chi connectivity index (χ3n) is 5.07. The summed E-state index contributed by atoms with van der Waals surface area (Å²) in [6.07, 6.45) is 1.51. The van der Waals surface area contributed by atoms with Gasteiger partial charge in [0, 0.05) is 0 Å². The third-order valence-corrected chi connectivity index (χ3v) is 8.50. The standard InChI is InChI=1S/C25H26N4O5S2/c1-4-33-21-13-18(10-11-20(21)34-14-17-8-6-5-7-9-17)12-19-22(26)29-24(27-23(19)30)35-25(28-29)36(31,32)15-16(2)3/h5-13,16,26H,4,14-15H2,1-3H3/b19-12-,26-22?. The minimum absolute atomic E-state index is 0.00832. The van der Waals surface area contributed by atoms with Gasteiger partial charge in [-0.2, -0.15) is 10.0 Å². The van der Waals surface area contributed by atoms with E-state index in [1.807, 2.05) is 37.3 Å². The van der Waals surface area contributed by atoms with E-state index in [4.69, 9.17) is 14.9 Å². The molecule has 0 aromatic heterocycles. The van der Waals surface area contributed by atoms with Gasteiger partial charge in [0.05, 0.1) is 17.9 Å². The molecule has 4 rings (SSSR count). The van der Waals surface area contributed by atoms with Gasteiger partial charge in [-0.1, -0.05) is 50.2 Å². The van der Waals surface area contributed by atoms with Crippen molar-refractivity contribution in [3.05, 3.63) is 65.2 Å². The van der Waals surface area contributed by atoms with Crippen LogP contribution in [0.15, 0.2) is 64.2 Å². The summed E-state index contributed by atoms with van der Waals surface area (Å²) in [4.78, 5) is 16.7. The third kappa shape index (κ3) is 5.68. The van der Waals surface area contributed by atoms with Crippen LogP contribution >= 0.6 is 11.8 Å². The normalized spacial score (nSPS) is 16.8. The Morgan fingerprint density at radius 2 is 1.86 bits per heavy atom. The number of carbonyl (C=O) groups is 1. The number of benzene rings is 2. The number of thioether (sulfide) groups is 1. The molecule has 11 heteroatoms. The van der Waals surface area contributed by atoms with Crippen LogP contribution in [0, 0.1) is 11.3 Å². The van der Waals surface area contributed by atoms with Gasteiger partial charge in [0.1, 0.15) is 6.61 Å². The van der Waals surface area contributed by atoms with Crippen LogP contribution in [0.2, 0.25) is 0 Å². The zero-order chi connectivity index (χ0) is 25.9. The quantitative estimate of drug-likeness (QED) is 0.509. The van der Waals surface area contributed by atoms with Gasteiger partial charge in [-0.15, -0.1) is 5.10 Å². The van der Waals surface area contributed by atoms with Crippen molar-refractivity contribution in [2.45, 2.75) is 27.4 Å². The average Bonchev–Trinajstić information content (AvgIpc) is 3.26. The number of fused-ring (bicyclic) bond motifs is 1. The summed E-state index contributed by atoms with van der Waals surface area (Å²) < 4.78 is 36.7. The van der Waals surface area contributed by atoms with Gasteiger partial charge in [0.15, 0.2) is 17.3 Å². The fourth-order valence-corrected chi connectivity index (χ4v) is 6.30. The number of amidine groups is 2. The van der Waals surface area contributed by atoms with Crippen molar-refractivity contribution >= 4 is 49.0 Å². The number of ether oxygens (including phenoxy) is 2. The van der Waals surface area contributed by atoms with E-state index < -0.39 is 15.7 Å². The van der Waals surface area contributed by atoms with Crippen molar-refractivity contribution in [2.24, 2.45) is 16.0 Å². The van der Waals surface area contributed by atoms with Crippen LogP contribution in [0.1, 0.15) is 31.9 Å². The van der Waals surface area contributed by atoms with Crippen LogP contribution in [-0.2, 0) is 21.2 Å². The molecule has 0 unspecified atom stereocenters. The lowest BCUT2D eigenvalue weighted by Gasteiger charge is -2.20. The predicted molar refractivity (Wildman–Crippen MR) is 142 cm³/mol. The van der Waals surface area contributed by atoms with E-state index in [1.165, 1.54) is 6.08 Å². The second-order valence-corrected chi connectivity index (χ2v) is 11.6. The first-order chi connectivity index (χ1) is 17.2. The Hall–Kier alpha value is -3.44. The summed E-state index contributed by atoms with van der Waals surface area (Å²) in [7, 11) is -3.64. The Morgan fingerprint density at radius 1 is 1.11 bits per heavy atom. The van der Waals surface area contributed by atoms with Crippen molar-refractivity contribution in [2.75, 3.05) is 12.4 Å². The van der Waals surface area contributed by atoms with Gasteiger partial charge in [-0.05, 0) is 53.9 Å². The minimum atomic E-state index is -3.64. The molecule has 2 aromatic rings. The van der Waals surface area contributed by atoms with Crippen LogP contribution in [0.5, 0.6) is 11.5 Å². The number of hydrazone groups is 1. The summed E-state index contributed by atoms with van der Waals surface area (Å²) in [6.45, 7) is 6.23. The number of hydrogen-bond donors (Lipinski definition) is 1. The second kappa shape index (κ2) is 10.7. The Labute approximate surface area is 214 Å². The van der Waals surface area contributed by atoms with Gasteiger partial charge in [-0.25, -0.2) is 8.42 Å². The molecule has 0 saturated carbocycles. The molecule has 2 aromatic carbocycles. The molecule has 9 nitrogen and oxygen atoms in total. The molecule has 1 N–H and O–H groups in total. The van der Waals surface area contributed by atoms with Gasteiger partial charge < -0.3 is 9.47 Å². The van der Waals surface area contributed by atoms with Crippen molar-refractivity contribution in [3.63, 3.8) is 0 Å². The molecule has 0 atom stereocenters. The summed E-state index contributed by atoms with van der Waals surface area (Å²) in [5, 5.41) is 13.7. The largest absolute Gasteiger partial charge is 0.490 e. The molecule has 2 aliphatic heterocycles. The van der Waals surface area contributed by atoms with E-state index in [0.717, 1.165) is 22.3 Å². The number of hydrogen-bond acceptors (Lipinski definition) is 8. The molecule has 0 radical (unpaired) electrons. The molecule has 0 fully saturated rings. The zero-order valence-corrected chi connectivity index (χ0v) is 21.7. The SMILES string of the molecule is CCOc1cc(/C=C2/C(=N)N3N=C(S(=O)(=O)CC(C)C)SC3=NC2=O)ccc1OCc1ccccc1. The minimum Gasteiger partial charge on any atom is -0.490 e. The fraction of sp³-hybridized carbons (Fsp3) is 0.280. The lowest BCUT2D eigenvalue weighted by Crippen LogP contribution is -2.35. The van der Waals surface area contributed by atoms with Crippen molar-refractivity contribution < 1.29 is 22.7 Å².